The van der Waals surface area contributed by atoms with E-state index >= 15 is 8.78 Å². The standard InChI is InChI=1S/C27H33F2N7O4/c1-15(13-31-16(2)37)24-12-22(34-40-24)18-10-20(28)25(21(29)11-18)36-9-8-35(3)14-23(36)26(30)32-33-27(39)17-4-6-19(38)7-5-17/h4-7,10-11,15,23-24,38H,8-9,12-14H2,1-3H3,(H2,30,32)(H,31,37)(H,33,39). The van der Waals surface area contributed by atoms with E-state index in [1.165, 1.54) is 48.2 Å². The number of carbonyl (C=O) groups is 2. The number of piperazine rings is 1. The van der Waals surface area contributed by atoms with E-state index in [-0.39, 0.29) is 52.9 Å². The van der Waals surface area contributed by atoms with E-state index < -0.39 is 23.6 Å². The van der Waals surface area contributed by atoms with E-state index in [2.05, 4.69) is 21.0 Å². The van der Waals surface area contributed by atoms with Gasteiger partial charge in [-0.2, -0.15) is 5.10 Å². The van der Waals surface area contributed by atoms with Crippen molar-refractivity contribution in [2.45, 2.75) is 32.4 Å². The van der Waals surface area contributed by atoms with Crippen LogP contribution in [0.4, 0.5) is 14.5 Å². The third-order valence-electron chi connectivity index (χ3n) is 6.98. The molecule has 5 N–H and O–H groups in total. The minimum atomic E-state index is -0.789. The van der Waals surface area contributed by atoms with Crippen LogP contribution in [0, 0.1) is 17.6 Å². The SMILES string of the molecule is CC(=O)NCC(C)C1CC(c2cc(F)c(N3CCN(C)CC3/C(N)=N/NC(=O)c3ccc(O)cc3)c(F)c2)=NO1. The molecule has 11 nitrogen and oxygen atoms in total. The number of benzene rings is 2. The van der Waals surface area contributed by atoms with Crippen LogP contribution in [0.5, 0.6) is 5.75 Å². The molecule has 0 saturated carbocycles. The van der Waals surface area contributed by atoms with Gasteiger partial charge in [-0.05, 0) is 43.4 Å². The van der Waals surface area contributed by atoms with Crippen LogP contribution in [0.2, 0.25) is 0 Å². The zero-order chi connectivity index (χ0) is 29.0. The summed E-state index contributed by atoms with van der Waals surface area (Å²) in [6, 6.07) is 7.30. The molecule has 4 rings (SSSR count). The Morgan fingerprint density at radius 2 is 1.90 bits per heavy atom. The average Bonchev–Trinajstić information content (AvgIpc) is 3.41. The molecule has 3 unspecified atom stereocenters. The first-order valence-corrected chi connectivity index (χ1v) is 12.9. The molecule has 0 radical (unpaired) electrons. The highest BCUT2D eigenvalue weighted by atomic mass is 19.1. The van der Waals surface area contributed by atoms with Crippen molar-refractivity contribution in [2.75, 3.05) is 38.1 Å². The highest BCUT2D eigenvalue weighted by molar-refractivity contribution is 6.02. The van der Waals surface area contributed by atoms with Crippen LogP contribution >= 0.6 is 0 Å². The molecule has 2 aliphatic heterocycles. The maximum atomic E-state index is 15.5. The van der Waals surface area contributed by atoms with Gasteiger partial charge in [-0.15, -0.1) is 0 Å². The van der Waals surface area contributed by atoms with Gasteiger partial charge in [0.2, 0.25) is 5.91 Å². The van der Waals surface area contributed by atoms with Crippen molar-refractivity contribution in [1.82, 2.24) is 15.6 Å². The van der Waals surface area contributed by atoms with Crippen molar-refractivity contribution in [3.63, 3.8) is 0 Å². The number of phenols is 1. The molecule has 2 aliphatic rings. The van der Waals surface area contributed by atoms with Gasteiger partial charge < -0.3 is 30.8 Å². The fourth-order valence-electron chi connectivity index (χ4n) is 4.62. The molecule has 0 aliphatic carbocycles. The van der Waals surface area contributed by atoms with Gasteiger partial charge in [0.25, 0.3) is 5.91 Å². The number of aromatic hydroxyl groups is 1. The van der Waals surface area contributed by atoms with Crippen molar-refractivity contribution in [1.29, 1.82) is 0 Å². The molecule has 214 valence electrons. The summed E-state index contributed by atoms with van der Waals surface area (Å²) in [6.45, 7) is 4.83. The van der Waals surface area contributed by atoms with Gasteiger partial charge in [-0.3, -0.25) is 9.59 Å². The van der Waals surface area contributed by atoms with Gasteiger partial charge in [0.15, 0.2) is 0 Å². The number of likely N-dealkylation sites (N-methyl/N-ethyl adjacent to an activating group) is 1. The number of nitrogens with one attached hydrogen (secondary N) is 2. The van der Waals surface area contributed by atoms with E-state index in [4.69, 9.17) is 10.6 Å². The van der Waals surface area contributed by atoms with Gasteiger partial charge in [-0.1, -0.05) is 12.1 Å². The van der Waals surface area contributed by atoms with E-state index in [0.717, 1.165) is 0 Å². The number of rotatable bonds is 8. The van der Waals surface area contributed by atoms with Crippen molar-refractivity contribution >= 4 is 29.0 Å². The number of hydrazone groups is 1. The first-order chi connectivity index (χ1) is 19.0. The van der Waals surface area contributed by atoms with E-state index in [0.29, 0.717) is 31.8 Å². The zero-order valence-electron chi connectivity index (χ0n) is 22.5. The predicted molar refractivity (Wildman–Crippen MR) is 146 cm³/mol. The van der Waals surface area contributed by atoms with Crippen LogP contribution in [-0.4, -0.2) is 78.7 Å². The summed E-state index contributed by atoms with van der Waals surface area (Å²) in [5, 5.41) is 20.2. The van der Waals surface area contributed by atoms with E-state index in [1.807, 2.05) is 18.9 Å². The number of phenolic OH excluding ortho intramolecular Hbond substituents is 1. The molecule has 1 saturated heterocycles. The Morgan fingerprint density at radius 1 is 1.23 bits per heavy atom. The first kappa shape index (κ1) is 28.7. The number of anilines is 1. The molecule has 2 aromatic rings. The van der Waals surface area contributed by atoms with E-state index in [1.54, 1.807) is 0 Å². The summed E-state index contributed by atoms with van der Waals surface area (Å²) in [7, 11) is 1.85. The predicted octanol–water partition coefficient (Wildman–Crippen LogP) is 1.76. The van der Waals surface area contributed by atoms with E-state index in [9.17, 15) is 14.7 Å². The lowest BCUT2D eigenvalue weighted by Gasteiger charge is -2.41. The van der Waals surface area contributed by atoms with Crippen LogP contribution in [0.1, 0.15) is 36.2 Å². The van der Waals surface area contributed by atoms with Gasteiger partial charge in [0.1, 0.15) is 41.1 Å². The second kappa shape index (κ2) is 12.3. The number of nitrogens with two attached hydrogens (primary N) is 1. The Kier molecular flexibility index (Phi) is 8.83. The van der Waals surface area contributed by atoms with Crippen molar-refractivity contribution in [3.8, 4) is 5.75 Å². The molecule has 40 heavy (non-hydrogen) atoms. The number of amides is 2. The lowest BCUT2D eigenvalue weighted by Crippen LogP contribution is -2.58. The topological polar surface area (TPSA) is 145 Å². The molecule has 0 spiro atoms. The van der Waals surface area contributed by atoms with Gasteiger partial charge in [-0.25, -0.2) is 14.2 Å². The maximum absolute atomic E-state index is 15.5. The van der Waals surface area contributed by atoms with Crippen LogP contribution < -0.4 is 21.4 Å². The summed E-state index contributed by atoms with van der Waals surface area (Å²) in [6.07, 6.45) is 0.0126. The highest BCUT2D eigenvalue weighted by Gasteiger charge is 2.34. The molecule has 2 heterocycles. The Balaban J connectivity index is 1.50. The molecule has 2 aromatic carbocycles. The van der Waals surface area contributed by atoms with Gasteiger partial charge >= 0.3 is 0 Å². The van der Waals surface area contributed by atoms with Crippen LogP contribution in [-0.2, 0) is 9.63 Å². The highest BCUT2D eigenvalue weighted by Crippen LogP contribution is 2.31. The second-order valence-corrected chi connectivity index (χ2v) is 10.1. The smallest absolute Gasteiger partial charge is 0.271 e. The number of carbonyl (C=O) groups excluding carboxylic acids is 2. The quantitative estimate of drug-likeness (QED) is 0.220. The molecule has 1 fully saturated rings. The largest absolute Gasteiger partial charge is 0.508 e. The van der Waals surface area contributed by atoms with Crippen molar-refractivity contribution in [3.05, 3.63) is 59.2 Å². The first-order valence-electron chi connectivity index (χ1n) is 12.9. The monoisotopic (exact) mass is 557 g/mol. The van der Waals surface area contributed by atoms with Crippen molar-refractivity contribution in [2.24, 2.45) is 21.9 Å². The number of hydrogen-bond acceptors (Lipinski definition) is 8. The average molecular weight is 558 g/mol. The Labute approximate surface area is 230 Å². The van der Waals surface area contributed by atoms with Gasteiger partial charge in [0.05, 0.1) is 5.71 Å². The summed E-state index contributed by atoms with van der Waals surface area (Å²) in [5.74, 6) is -2.35. The van der Waals surface area contributed by atoms with Crippen LogP contribution in [0.25, 0.3) is 0 Å². The number of oxime groups is 1. The Hall–Kier alpha value is -4.26. The summed E-state index contributed by atoms with van der Waals surface area (Å²) in [4.78, 5) is 32.5. The molecular formula is C27H33F2N7O4. The Bertz CT molecular complexity index is 1300. The second-order valence-electron chi connectivity index (χ2n) is 10.1. The Morgan fingerprint density at radius 3 is 2.55 bits per heavy atom. The number of halogens is 2. The van der Waals surface area contributed by atoms with Crippen molar-refractivity contribution < 1.29 is 28.3 Å². The molecular weight excluding hydrogens is 524 g/mol. The number of hydrogen-bond donors (Lipinski definition) is 4. The number of nitrogens with zero attached hydrogens (tertiary/aromatic N) is 4. The normalized spacial score (nSPS) is 20.5. The summed E-state index contributed by atoms with van der Waals surface area (Å²) in [5.41, 5.74) is 9.27. The third kappa shape index (κ3) is 6.65. The molecule has 0 aromatic heterocycles. The fourth-order valence-corrected chi connectivity index (χ4v) is 4.62. The van der Waals surface area contributed by atoms with Gasteiger partial charge in [0, 0.05) is 56.6 Å². The zero-order valence-corrected chi connectivity index (χ0v) is 22.5. The third-order valence-corrected chi connectivity index (χ3v) is 6.98. The lowest BCUT2D eigenvalue weighted by atomic mass is 9.96. The minimum absolute atomic E-state index is 0.0133. The lowest BCUT2D eigenvalue weighted by molar-refractivity contribution is -0.119. The summed E-state index contributed by atoms with van der Waals surface area (Å²) < 4.78 is 31.0. The molecule has 13 heteroatoms. The minimum Gasteiger partial charge on any atom is -0.508 e. The van der Waals surface area contributed by atoms with Crippen LogP contribution in [0.3, 0.4) is 0 Å². The maximum Gasteiger partial charge on any atom is 0.271 e. The molecule has 3 atom stereocenters. The van der Waals surface area contributed by atoms with Crippen LogP contribution in [0.15, 0.2) is 46.7 Å². The number of amidine groups is 1. The molecule has 0 bridgehead atoms. The molecule has 2 amide bonds. The fraction of sp³-hybridized carbons (Fsp3) is 0.407. The summed E-state index contributed by atoms with van der Waals surface area (Å²) >= 11 is 0.